The molecule has 0 radical (unpaired) electrons. The van der Waals surface area contributed by atoms with Crippen LogP contribution < -0.4 is 10.1 Å². The molecule has 102 valence electrons. The molecule has 3 heteroatoms. The first-order chi connectivity index (χ1) is 8.81. The highest BCUT2D eigenvalue weighted by atomic mass is 16.5. The molecule has 0 spiro atoms. The third-order valence-electron chi connectivity index (χ3n) is 2.95. The SMILES string of the molecule is CCCOc1ccc(C(CCCOC)NC)cc1. The number of rotatable bonds is 9. The Labute approximate surface area is 110 Å². The maximum Gasteiger partial charge on any atom is 0.119 e. The van der Waals surface area contributed by atoms with E-state index in [4.69, 9.17) is 9.47 Å². The van der Waals surface area contributed by atoms with Gasteiger partial charge in [-0.1, -0.05) is 19.1 Å². The first-order valence-electron chi connectivity index (χ1n) is 6.70. The van der Waals surface area contributed by atoms with Crippen LogP contribution in [0.25, 0.3) is 0 Å². The van der Waals surface area contributed by atoms with E-state index in [0.29, 0.717) is 6.04 Å². The molecule has 0 aromatic heterocycles. The summed E-state index contributed by atoms with van der Waals surface area (Å²) in [6, 6.07) is 8.76. The van der Waals surface area contributed by atoms with Gasteiger partial charge >= 0.3 is 0 Å². The Hall–Kier alpha value is -1.06. The molecule has 0 heterocycles. The number of hydrogen-bond acceptors (Lipinski definition) is 3. The number of benzene rings is 1. The first kappa shape index (κ1) is 15.0. The molecule has 3 nitrogen and oxygen atoms in total. The van der Waals surface area contributed by atoms with Gasteiger partial charge in [0.15, 0.2) is 0 Å². The second kappa shape index (κ2) is 8.95. The van der Waals surface area contributed by atoms with E-state index in [9.17, 15) is 0 Å². The zero-order valence-corrected chi connectivity index (χ0v) is 11.7. The predicted molar refractivity (Wildman–Crippen MR) is 75.1 cm³/mol. The number of hydrogen-bond donors (Lipinski definition) is 1. The van der Waals surface area contributed by atoms with Crippen molar-refractivity contribution in [2.24, 2.45) is 0 Å². The quantitative estimate of drug-likeness (QED) is 0.684. The van der Waals surface area contributed by atoms with Gasteiger partial charge in [0.05, 0.1) is 6.61 Å². The number of ether oxygens (including phenoxy) is 2. The van der Waals surface area contributed by atoms with E-state index in [0.717, 1.165) is 38.2 Å². The van der Waals surface area contributed by atoms with E-state index < -0.39 is 0 Å². The molecule has 0 aliphatic rings. The minimum atomic E-state index is 0.389. The fraction of sp³-hybridized carbons (Fsp3) is 0.600. The van der Waals surface area contributed by atoms with Crippen molar-refractivity contribution in [3.63, 3.8) is 0 Å². The lowest BCUT2D eigenvalue weighted by Crippen LogP contribution is -2.16. The number of methoxy groups -OCH3 is 1. The zero-order valence-electron chi connectivity index (χ0n) is 11.7. The molecule has 0 aliphatic carbocycles. The minimum absolute atomic E-state index is 0.389. The van der Waals surface area contributed by atoms with E-state index in [-0.39, 0.29) is 0 Å². The molecule has 0 aliphatic heterocycles. The summed E-state index contributed by atoms with van der Waals surface area (Å²) in [7, 11) is 3.74. The summed E-state index contributed by atoms with van der Waals surface area (Å²) >= 11 is 0. The topological polar surface area (TPSA) is 30.5 Å². The molecule has 0 fully saturated rings. The Balaban J connectivity index is 2.52. The van der Waals surface area contributed by atoms with Gasteiger partial charge < -0.3 is 14.8 Å². The summed E-state index contributed by atoms with van der Waals surface area (Å²) in [6.45, 7) is 3.71. The molecule has 0 saturated carbocycles. The van der Waals surface area contributed by atoms with Crippen LogP contribution in [0, 0.1) is 0 Å². The molecule has 1 atom stereocenters. The molecule has 18 heavy (non-hydrogen) atoms. The van der Waals surface area contributed by atoms with Crippen molar-refractivity contribution >= 4 is 0 Å². The Morgan fingerprint density at radius 3 is 2.44 bits per heavy atom. The minimum Gasteiger partial charge on any atom is -0.494 e. The van der Waals surface area contributed by atoms with Gasteiger partial charge in [-0.3, -0.25) is 0 Å². The van der Waals surface area contributed by atoms with Crippen molar-refractivity contribution in [1.82, 2.24) is 5.32 Å². The second-order valence-corrected chi connectivity index (χ2v) is 4.39. The zero-order chi connectivity index (χ0) is 13.2. The normalized spacial score (nSPS) is 12.4. The average molecular weight is 251 g/mol. The van der Waals surface area contributed by atoms with Gasteiger partial charge in [-0.05, 0) is 44.0 Å². The Bertz CT molecular complexity index is 311. The van der Waals surface area contributed by atoms with Crippen molar-refractivity contribution < 1.29 is 9.47 Å². The second-order valence-electron chi connectivity index (χ2n) is 4.39. The summed E-state index contributed by atoms with van der Waals surface area (Å²) in [5.74, 6) is 0.951. The van der Waals surface area contributed by atoms with Crippen molar-refractivity contribution in [1.29, 1.82) is 0 Å². The maximum absolute atomic E-state index is 5.58. The molecule has 0 amide bonds. The van der Waals surface area contributed by atoms with E-state index >= 15 is 0 Å². The van der Waals surface area contributed by atoms with Crippen LogP contribution in [0.4, 0.5) is 0 Å². The highest BCUT2D eigenvalue weighted by Crippen LogP contribution is 2.21. The third-order valence-corrected chi connectivity index (χ3v) is 2.95. The van der Waals surface area contributed by atoms with E-state index in [1.165, 1.54) is 5.56 Å². The predicted octanol–water partition coefficient (Wildman–Crippen LogP) is 3.16. The monoisotopic (exact) mass is 251 g/mol. The fourth-order valence-electron chi connectivity index (χ4n) is 1.93. The van der Waals surface area contributed by atoms with Crippen molar-refractivity contribution in [2.45, 2.75) is 32.2 Å². The molecule has 1 unspecified atom stereocenters. The highest BCUT2D eigenvalue weighted by Gasteiger charge is 2.08. The Morgan fingerprint density at radius 1 is 1.17 bits per heavy atom. The van der Waals surface area contributed by atoms with Gasteiger partial charge in [0.2, 0.25) is 0 Å². The van der Waals surface area contributed by atoms with Crippen molar-refractivity contribution in [3.05, 3.63) is 29.8 Å². The van der Waals surface area contributed by atoms with Crippen LogP contribution >= 0.6 is 0 Å². The molecule has 1 aromatic carbocycles. The highest BCUT2D eigenvalue weighted by molar-refractivity contribution is 5.29. The van der Waals surface area contributed by atoms with Crippen LogP contribution in [0.3, 0.4) is 0 Å². The lowest BCUT2D eigenvalue weighted by atomic mass is 10.0. The van der Waals surface area contributed by atoms with Gasteiger partial charge in [0, 0.05) is 19.8 Å². The lowest BCUT2D eigenvalue weighted by molar-refractivity contribution is 0.189. The van der Waals surface area contributed by atoms with Crippen LogP contribution in [0.2, 0.25) is 0 Å². The first-order valence-corrected chi connectivity index (χ1v) is 6.70. The lowest BCUT2D eigenvalue weighted by Gasteiger charge is -2.17. The maximum atomic E-state index is 5.58. The van der Waals surface area contributed by atoms with Gasteiger partial charge in [-0.25, -0.2) is 0 Å². The van der Waals surface area contributed by atoms with Crippen LogP contribution in [0.5, 0.6) is 5.75 Å². The smallest absolute Gasteiger partial charge is 0.119 e. The van der Waals surface area contributed by atoms with E-state index in [1.54, 1.807) is 7.11 Å². The molecule has 0 saturated heterocycles. The summed E-state index contributed by atoms with van der Waals surface area (Å²) in [5.41, 5.74) is 1.30. The molecular weight excluding hydrogens is 226 g/mol. The largest absolute Gasteiger partial charge is 0.494 e. The Morgan fingerprint density at radius 2 is 1.89 bits per heavy atom. The summed E-state index contributed by atoms with van der Waals surface area (Å²) in [4.78, 5) is 0. The summed E-state index contributed by atoms with van der Waals surface area (Å²) in [6.07, 6.45) is 3.19. The van der Waals surface area contributed by atoms with Crippen LogP contribution in [-0.4, -0.2) is 27.4 Å². The van der Waals surface area contributed by atoms with Gasteiger partial charge in [0.1, 0.15) is 5.75 Å². The molecular formula is C15H25NO2. The van der Waals surface area contributed by atoms with Gasteiger partial charge in [0.25, 0.3) is 0 Å². The third kappa shape index (κ3) is 5.07. The summed E-state index contributed by atoms with van der Waals surface area (Å²) in [5, 5.41) is 3.34. The van der Waals surface area contributed by atoms with Gasteiger partial charge in [-0.15, -0.1) is 0 Å². The van der Waals surface area contributed by atoms with Crippen LogP contribution in [0.1, 0.15) is 37.8 Å². The Kier molecular flexibility index (Phi) is 7.46. The average Bonchev–Trinajstić information content (AvgIpc) is 2.42. The van der Waals surface area contributed by atoms with Crippen molar-refractivity contribution in [3.8, 4) is 5.75 Å². The molecule has 1 N–H and O–H groups in total. The van der Waals surface area contributed by atoms with E-state index in [1.807, 2.05) is 19.2 Å². The fourth-order valence-corrected chi connectivity index (χ4v) is 1.93. The molecule has 1 aromatic rings. The molecule has 0 bridgehead atoms. The molecule has 1 rings (SSSR count). The van der Waals surface area contributed by atoms with E-state index in [2.05, 4.69) is 24.4 Å². The van der Waals surface area contributed by atoms with Crippen LogP contribution in [0.15, 0.2) is 24.3 Å². The number of nitrogens with one attached hydrogen (secondary N) is 1. The standard InChI is InChI=1S/C15H25NO2/c1-4-11-18-14-9-7-13(8-10-14)15(16-2)6-5-12-17-3/h7-10,15-16H,4-6,11-12H2,1-3H3. The van der Waals surface area contributed by atoms with Crippen LogP contribution in [-0.2, 0) is 4.74 Å². The van der Waals surface area contributed by atoms with Crippen molar-refractivity contribution in [2.75, 3.05) is 27.4 Å². The summed E-state index contributed by atoms with van der Waals surface area (Å²) < 4.78 is 10.7. The van der Waals surface area contributed by atoms with Gasteiger partial charge in [-0.2, -0.15) is 0 Å².